The zero-order chi connectivity index (χ0) is 15.0. The standard InChI is InChI=1S/C12H15Cl2N3O2S/c1-19-5-4-15-12(20)16-7-11(18)17-10-6-8(13)2-3-9(10)14/h2-3,6H,4-5,7H2,1H3,(H,17,18)(H2,15,16,20). The molecular weight excluding hydrogens is 321 g/mol. The molecule has 0 saturated heterocycles. The van der Waals surface area contributed by atoms with Crippen LogP contribution >= 0.6 is 35.4 Å². The molecule has 1 aromatic carbocycles. The van der Waals surface area contributed by atoms with E-state index in [0.717, 1.165) is 0 Å². The molecule has 20 heavy (non-hydrogen) atoms. The van der Waals surface area contributed by atoms with Gasteiger partial charge in [-0.2, -0.15) is 0 Å². The summed E-state index contributed by atoms with van der Waals surface area (Å²) in [7, 11) is 1.60. The molecule has 0 bridgehead atoms. The highest BCUT2D eigenvalue weighted by molar-refractivity contribution is 7.80. The monoisotopic (exact) mass is 335 g/mol. The summed E-state index contributed by atoms with van der Waals surface area (Å²) in [5, 5.41) is 9.61. The molecule has 0 radical (unpaired) electrons. The van der Waals surface area contributed by atoms with Gasteiger partial charge in [0.1, 0.15) is 0 Å². The summed E-state index contributed by atoms with van der Waals surface area (Å²) in [5.74, 6) is -0.273. The molecule has 1 amide bonds. The van der Waals surface area contributed by atoms with Crippen LogP contribution in [0, 0.1) is 0 Å². The third kappa shape index (κ3) is 6.38. The number of ether oxygens (including phenoxy) is 1. The summed E-state index contributed by atoms with van der Waals surface area (Å²) in [4.78, 5) is 11.7. The average molecular weight is 336 g/mol. The lowest BCUT2D eigenvalue weighted by Gasteiger charge is -2.11. The molecule has 110 valence electrons. The number of anilines is 1. The van der Waals surface area contributed by atoms with E-state index in [1.165, 1.54) is 0 Å². The van der Waals surface area contributed by atoms with Gasteiger partial charge in [-0.05, 0) is 30.4 Å². The minimum absolute atomic E-state index is 0.0294. The highest BCUT2D eigenvalue weighted by Crippen LogP contribution is 2.25. The van der Waals surface area contributed by atoms with Crippen LogP contribution < -0.4 is 16.0 Å². The Kier molecular flexibility index (Phi) is 7.61. The van der Waals surface area contributed by atoms with Crippen LogP contribution in [-0.4, -0.2) is 37.8 Å². The Morgan fingerprint density at radius 3 is 2.80 bits per heavy atom. The van der Waals surface area contributed by atoms with Crippen LogP contribution in [0.25, 0.3) is 0 Å². The van der Waals surface area contributed by atoms with Gasteiger partial charge in [-0.1, -0.05) is 23.2 Å². The van der Waals surface area contributed by atoms with E-state index in [1.807, 2.05) is 0 Å². The van der Waals surface area contributed by atoms with E-state index in [-0.39, 0.29) is 12.5 Å². The first-order chi connectivity index (χ1) is 9.52. The number of thiocarbonyl (C=S) groups is 1. The number of carbonyl (C=O) groups is 1. The van der Waals surface area contributed by atoms with Gasteiger partial charge in [-0.15, -0.1) is 0 Å². The van der Waals surface area contributed by atoms with Crippen LogP contribution in [-0.2, 0) is 9.53 Å². The van der Waals surface area contributed by atoms with Crippen LogP contribution in [0.3, 0.4) is 0 Å². The number of rotatable bonds is 6. The second kappa shape index (κ2) is 8.97. The maximum absolute atomic E-state index is 11.7. The maximum Gasteiger partial charge on any atom is 0.243 e. The van der Waals surface area contributed by atoms with Gasteiger partial charge in [0.2, 0.25) is 5.91 Å². The first-order valence-electron chi connectivity index (χ1n) is 5.78. The molecule has 0 aromatic heterocycles. The van der Waals surface area contributed by atoms with Gasteiger partial charge in [0, 0.05) is 18.7 Å². The zero-order valence-electron chi connectivity index (χ0n) is 10.8. The molecule has 0 unspecified atom stereocenters. The lowest BCUT2D eigenvalue weighted by molar-refractivity contribution is -0.115. The van der Waals surface area contributed by atoms with Gasteiger partial charge >= 0.3 is 0 Å². The lowest BCUT2D eigenvalue weighted by Crippen LogP contribution is -2.40. The van der Waals surface area contributed by atoms with Crippen molar-refractivity contribution >= 4 is 52.1 Å². The summed E-state index contributed by atoms with van der Waals surface area (Å²) < 4.78 is 4.86. The van der Waals surface area contributed by atoms with Crippen molar-refractivity contribution in [3.8, 4) is 0 Å². The Balaban J connectivity index is 2.36. The predicted molar refractivity (Wildman–Crippen MR) is 85.6 cm³/mol. The SMILES string of the molecule is COCCNC(=S)NCC(=O)Nc1cc(Cl)ccc1Cl. The number of hydrogen-bond acceptors (Lipinski definition) is 3. The van der Waals surface area contributed by atoms with E-state index in [4.69, 9.17) is 40.2 Å². The molecule has 3 N–H and O–H groups in total. The van der Waals surface area contributed by atoms with Crippen molar-refractivity contribution in [2.75, 3.05) is 32.1 Å². The molecular formula is C12H15Cl2N3O2S. The van der Waals surface area contributed by atoms with Gasteiger partial charge in [-0.25, -0.2) is 0 Å². The van der Waals surface area contributed by atoms with Crippen molar-refractivity contribution in [2.45, 2.75) is 0 Å². The molecule has 0 aliphatic heterocycles. The highest BCUT2D eigenvalue weighted by atomic mass is 35.5. The zero-order valence-corrected chi connectivity index (χ0v) is 13.2. The molecule has 0 heterocycles. The van der Waals surface area contributed by atoms with E-state index >= 15 is 0 Å². The van der Waals surface area contributed by atoms with E-state index < -0.39 is 0 Å². The molecule has 1 rings (SSSR count). The molecule has 0 aliphatic rings. The summed E-state index contributed by atoms with van der Waals surface area (Å²) >= 11 is 16.8. The Bertz CT molecular complexity index is 486. The normalized spacial score (nSPS) is 9.95. The number of benzene rings is 1. The Labute approximate surface area is 133 Å². The summed E-state index contributed by atoms with van der Waals surface area (Å²) in [6.07, 6.45) is 0. The fraction of sp³-hybridized carbons (Fsp3) is 0.333. The van der Waals surface area contributed by atoms with E-state index in [9.17, 15) is 4.79 Å². The van der Waals surface area contributed by atoms with Gasteiger partial charge in [-0.3, -0.25) is 4.79 Å². The van der Waals surface area contributed by atoms with E-state index in [0.29, 0.717) is 34.0 Å². The first-order valence-corrected chi connectivity index (χ1v) is 6.95. The van der Waals surface area contributed by atoms with Crippen LogP contribution in [0.5, 0.6) is 0 Å². The van der Waals surface area contributed by atoms with Gasteiger partial charge in [0.25, 0.3) is 0 Å². The molecule has 0 aliphatic carbocycles. The fourth-order valence-electron chi connectivity index (χ4n) is 1.28. The van der Waals surface area contributed by atoms with Crippen molar-refractivity contribution in [1.82, 2.24) is 10.6 Å². The molecule has 0 spiro atoms. The molecule has 1 aromatic rings. The smallest absolute Gasteiger partial charge is 0.243 e. The lowest BCUT2D eigenvalue weighted by atomic mass is 10.3. The number of methoxy groups -OCH3 is 1. The minimum Gasteiger partial charge on any atom is -0.383 e. The third-order valence-electron chi connectivity index (χ3n) is 2.20. The predicted octanol–water partition coefficient (Wildman–Crippen LogP) is 2.04. The van der Waals surface area contributed by atoms with Crippen molar-refractivity contribution in [3.05, 3.63) is 28.2 Å². The second-order valence-corrected chi connectivity index (χ2v) is 5.03. The molecule has 5 nitrogen and oxygen atoms in total. The largest absolute Gasteiger partial charge is 0.383 e. The second-order valence-electron chi connectivity index (χ2n) is 3.77. The Hall–Kier alpha value is -1.08. The van der Waals surface area contributed by atoms with Crippen molar-refractivity contribution in [3.63, 3.8) is 0 Å². The summed E-state index contributed by atoms with van der Waals surface area (Å²) in [5.41, 5.74) is 0.462. The Morgan fingerprint density at radius 1 is 1.35 bits per heavy atom. The minimum atomic E-state index is -0.273. The number of hydrogen-bond donors (Lipinski definition) is 3. The molecule has 0 saturated carbocycles. The van der Waals surface area contributed by atoms with Crippen LogP contribution in [0.4, 0.5) is 5.69 Å². The van der Waals surface area contributed by atoms with Crippen molar-refractivity contribution in [2.24, 2.45) is 0 Å². The fourth-order valence-corrected chi connectivity index (χ4v) is 1.79. The van der Waals surface area contributed by atoms with Crippen LogP contribution in [0.15, 0.2) is 18.2 Å². The summed E-state index contributed by atoms with van der Waals surface area (Å²) in [6, 6.07) is 4.84. The number of halogens is 2. The van der Waals surface area contributed by atoms with Gasteiger partial charge < -0.3 is 20.7 Å². The van der Waals surface area contributed by atoms with Crippen LogP contribution in [0.2, 0.25) is 10.0 Å². The first kappa shape index (κ1) is 17.0. The van der Waals surface area contributed by atoms with Crippen molar-refractivity contribution in [1.29, 1.82) is 0 Å². The van der Waals surface area contributed by atoms with Crippen molar-refractivity contribution < 1.29 is 9.53 Å². The van der Waals surface area contributed by atoms with Gasteiger partial charge in [0.05, 0.1) is 23.9 Å². The maximum atomic E-state index is 11.7. The topological polar surface area (TPSA) is 62.4 Å². The molecule has 0 atom stereocenters. The van der Waals surface area contributed by atoms with Crippen LogP contribution in [0.1, 0.15) is 0 Å². The quantitative estimate of drug-likeness (QED) is 0.548. The molecule has 8 heteroatoms. The highest BCUT2D eigenvalue weighted by Gasteiger charge is 2.07. The van der Waals surface area contributed by atoms with E-state index in [2.05, 4.69) is 16.0 Å². The number of carbonyl (C=O) groups excluding carboxylic acids is 1. The Morgan fingerprint density at radius 2 is 2.10 bits per heavy atom. The third-order valence-corrected chi connectivity index (χ3v) is 3.06. The molecule has 0 fully saturated rings. The number of nitrogens with one attached hydrogen (secondary N) is 3. The van der Waals surface area contributed by atoms with Gasteiger partial charge in [0.15, 0.2) is 5.11 Å². The van der Waals surface area contributed by atoms with E-state index in [1.54, 1.807) is 25.3 Å². The number of amides is 1. The average Bonchev–Trinajstić information content (AvgIpc) is 2.41. The summed E-state index contributed by atoms with van der Waals surface area (Å²) in [6.45, 7) is 1.14.